The van der Waals surface area contributed by atoms with Gasteiger partial charge in [0, 0.05) is 12.0 Å². The summed E-state index contributed by atoms with van der Waals surface area (Å²) in [6.45, 7) is 3.94. The van der Waals surface area contributed by atoms with Crippen molar-refractivity contribution in [3.05, 3.63) is 46.7 Å². The van der Waals surface area contributed by atoms with Gasteiger partial charge < -0.3 is 9.47 Å². The van der Waals surface area contributed by atoms with E-state index in [0.29, 0.717) is 5.57 Å². The maximum Gasteiger partial charge on any atom is 0.329 e. The van der Waals surface area contributed by atoms with Crippen molar-refractivity contribution in [1.82, 2.24) is 0 Å². The lowest BCUT2D eigenvalue weighted by molar-refractivity contribution is -0.166. The predicted molar refractivity (Wildman–Crippen MR) is 94.7 cm³/mol. The fourth-order valence-corrected chi connectivity index (χ4v) is 3.74. The topological polar surface area (TPSA) is 52.6 Å². The molecule has 4 heteroatoms. The Morgan fingerprint density at radius 1 is 1.04 bits per heavy atom. The van der Waals surface area contributed by atoms with Crippen molar-refractivity contribution in [1.29, 1.82) is 0 Å². The number of benzene rings is 1. The highest BCUT2D eigenvalue weighted by Gasteiger charge is 2.57. The molecule has 0 aromatic heterocycles. The zero-order valence-corrected chi connectivity index (χ0v) is 14.9. The first kappa shape index (κ1) is 17.5. The van der Waals surface area contributed by atoms with Crippen LogP contribution in [-0.4, -0.2) is 25.2 Å². The average Bonchev–Trinajstić information content (AvgIpc) is 3.23. The molecule has 1 aromatic rings. The molecule has 0 aliphatic heterocycles. The first-order valence-corrected chi connectivity index (χ1v) is 9.05. The van der Waals surface area contributed by atoms with E-state index >= 15 is 0 Å². The summed E-state index contributed by atoms with van der Waals surface area (Å²) in [6.07, 6.45) is 4.46. The number of hydrogen-bond acceptors (Lipinski definition) is 4. The largest absolute Gasteiger partial charge is 0.465 e. The van der Waals surface area contributed by atoms with Crippen LogP contribution in [0.15, 0.2) is 35.6 Å². The molecular formula is C21H24O4. The van der Waals surface area contributed by atoms with Gasteiger partial charge in [0.25, 0.3) is 0 Å². The first-order chi connectivity index (χ1) is 12.1. The Bertz CT molecular complexity index is 727. The Morgan fingerprint density at radius 2 is 1.64 bits per heavy atom. The van der Waals surface area contributed by atoms with E-state index in [1.807, 2.05) is 24.3 Å². The highest BCUT2D eigenvalue weighted by molar-refractivity contribution is 6.14. The molecule has 0 radical (unpaired) electrons. The minimum absolute atomic E-state index is 0.222. The van der Waals surface area contributed by atoms with Crippen molar-refractivity contribution in [2.75, 3.05) is 13.2 Å². The maximum absolute atomic E-state index is 12.9. The van der Waals surface area contributed by atoms with E-state index in [2.05, 4.69) is 5.73 Å². The normalized spacial score (nSPS) is 17.8. The molecule has 0 bridgehead atoms. The molecule has 0 atom stereocenters. The molecule has 0 amide bonds. The monoisotopic (exact) mass is 340 g/mol. The van der Waals surface area contributed by atoms with Crippen LogP contribution in [0.3, 0.4) is 0 Å². The van der Waals surface area contributed by atoms with E-state index in [1.54, 1.807) is 13.8 Å². The van der Waals surface area contributed by atoms with Gasteiger partial charge in [-0.3, -0.25) is 9.59 Å². The number of hydrogen-bond donors (Lipinski definition) is 0. The van der Waals surface area contributed by atoms with Gasteiger partial charge in [-0.15, -0.1) is 5.73 Å². The number of carbonyl (C=O) groups is 2. The third kappa shape index (κ3) is 3.03. The highest BCUT2D eigenvalue weighted by Crippen LogP contribution is 2.48. The fraction of sp³-hybridized carbons (Fsp3) is 0.476. The van der Waals surface area contributed by atoms with E-state index < -0.39 is 17.4 Å². The number of rotatable bonds is 4. The minimum atomic E-state index is -1.44. The molecule has 0 saturated heterocycles. The molecule has 1 saturated carbocycles. The van der Waals surface area contributed by atoms with Crippen molar-refractivity contribution in [2.45, 2.75) is 46.0 Å². The third-order valence-electron chi connectivity index (χ3n) is 4.93. The van der Waals surface area contributed by atoms with Crippen LogP contribution in [0.4, 0.5) is 0 Å². The molecular weight excluding hydrogens is 316 g/mol. The van der Waals surface area contributed by atoms with Crippen molar-refractivity contribution < 1.29 is 19.1 Å². The van der Waals surface area contributed by atoms with Crippen LogP contribution in [-0.2, 0) is 25.5 Å². The Morgan fingerprint density at radius 3 is 2.24 bits per heavy atom. The summed E-state index contributed by atoms with van der Waals surface area (Å²) in [6, 6.07) is 7.75. The molecule has 3 rings (SSSR count). The van der Waals surface area contributed by atoms with Gasteiger partial charge >= 0.3 is 11.9 Å². The summed E-state index contributed by atoms with van der Waals surface area (Å²) in [4.78, 5) is 25.9. The van der Waals surface area contributed by atoms with Gasteiger partial charge in [-0.2, -0.15) is 0 Å². The molecule has 0 heterocycles. The van der Waals surface area contributed by atoms with E-state index in [1.165, 1.54) is 5.57 Å². The molecule has 4 nitrogen and oxygen atoms in total. The molecule has 132 valence electrons. The van der Waals surface area contributed by atoms with E-state index in [4.69, 9.17) is 9.47 Å². The number of carbonyl (C=O) groups excluding carboxylic acids is 2. The van der Waals surface area contributed by atoms with Crippen LogP contribution >= 0.6 is 0 Å². The van der Waals surface area contributed by atoms with E-state index in [-0.39, 0.29) is 19.6 Å². The lowest BCUT2D eigenvalue weighted by Crippen LogP contribution is -2.42. The number of esters is 2. The van der Waals surface area contributed by atoms with E-state index in [9.17, 15) is 9.59 Å². The SMILES string of the molecule is CCOC(=O)C1(C(=O)OCC)Cc2ccccc2C1=C=C1CCCC1. The van der Waals surface area contributed by atoms with Gasteiger partial charge in [-0.05, 0) is 56.2 Å². The summed E-state index contributed by atoms with van der Waals surface area (Å²) in [7, 11) is 0. The van der Waals surface area contributed by atoms with Gasteiger partial charge in [-0.1, -0.05) is 24.3 Å². The molecule has 1 aromatic carbocycles. The molecule has 0 N–H and O–H groups in total. The van der Waals surface area contributed by atoms with Crippen LogP contribution in [0.5, 0.6) is 0 Å². The standard InChI is InChI=1S/C21H24O4/c1-3-24-19(22)21(20(23)25-4-2)14-16-11-7-8-12-17(16)18(21)13-15-9-5-6-10-15/h7-8,11-12H,3-6,9-10,14H2,1-2H3. The molecule has 2 aliphatic rings. The molecule has 2 aliphatic carbocycles. The van der Waals surface area contributed by atoms with Crippen molar-refractivity contribution in [3.63, 3.8) is 0 Å². The molecule has 0 unspecified atom stereocenters. The second-order valence-electron chi connectivity index (χ2n) is 6.49. The van der Waals surface area contributed by atoms with Crippen LogP contribution in [0.1, 0.15) is 50.7 Å². The fourth-order valence-electron chi connectivity index (χ4n) is 3.74. The summed E-state index contributed by atoms with van der Waals surface area (Å²) in [5.41, 5.74) is 5.66. The van der Waals surface area contributed by atoms with Gasteiger partial charge in [0.2, 0.25) is 5.41 Å². The average molecular weight is 340 g/mol. The van der Waals surface area contributed by atoms with Gasteiger partial charge in [0.15, 0.2) is 0 Å². The Hall–Kier alpha value is -2.32. The quantitative estimate of drug-likeness (QED) is 0.475. The Balaban J connectivity index is 2.23. The summed E-state index contributed by atoms with van der Waals surface area (Å²) in [5, 5.41) is 0. The van der Waals surface area contributed by atoms with Gasteiger partial charge in [0.05, 0.1) is 13.2 Å². The third-order valence-corrected chi connectivity index (χ3v) is 4.93. The Labute approximate surface area is 148 Å². The lowest BCUT2D eigenvalue weighted by Gasteiger charge is -2.25. The summed E-state index contributed by atoms with van der Waals surface area (Å²) < 4.78 is 10.6. The first-order valence-electron chi connectivity index (χ1n) is 9.05. The Kier molecular flexibility index (Phi) is 5.10. The maximum atomic E-state index is 12.9. The van der Waals surface area contributed by atoms with Crippen LogP contribution in [0, 0.1) is 5.41 Å². The predicted octanol–water partition coefficient (Wildman–Crippen LogP) is 3.84. The highest BCUT2D eigenvalue weighted by atomic mass is 16.6. The summed E-state index contributed by atoms with van der Waals surface area (Å²) >= 11 is 0. The molecule has 1 fully saturated rings. The molecule has 25 heavy (non-hydrogen) atoms. The van der Waals surface area contributed by atoms with Gasteiger partial charge in [0.1, 0.15) is 0 Å². The number of fused-ring (bicyclic) bond motifs is 1. The number of ether oxygens (including phenoxy) is 2. The van der Waals surface area contributed by atoms with Crippen molar-refractivity contribution >= 4 is 17.5 Å². The minimum Gasteiger partial charge on any atom is -0.465 e. The zero-order chi connectivity index (χ0) is 17.9. The summed E-state index contributed by atoms with van der Waals surface area (Å²) in [5.74, 6) is -1.07. The lowest BCUT2D eigenvalue weighted by atomic mass is 9.80. The van der Waals surface area contributed by atoms with Gasteiger partial charge in [-0.25, -0.2) is 0 Å². The van der Waals surface area contributed by atoms with Crippen LogP contribution < -0.4 is 0 Å². The van der Waals surface area contributed by atoms with Crippen molar-refractivity contribution in [3.8, 4) is 0 Å². The van der Waals surface area contributed by atoms with Crippen molar-refractivity contribution in [2.24, 2.45) is 5.41 Å². The zero-order valence-electron chi connectivity index (χ0n) is 14.9. The smallest absolute Gasteiger partial charge is 0.329 e. The van der Waals surface area contributed by atoms with Crippen LogP contribution in [0.25, 0.3) is 5.57 Å². The second kappa shape index (κ2) is 7.28. The van der Waals surface area contributed by atoms with E-state index in [0.717, 1.165) is 36.8 Å². The second-order valence-corrected chi connectivity index (χ2v) is 6.49. The molecule has 0 spiro atoms. The van der Waals surface area contributed by atoms with Crippen LogP contribution in [0.2, 0.25) is 0 Å².